The minimum absolute atomic E-state index is 0.118. The molecule has 0 bridgehead atoms. The molecule has 1 aromatic heterocycles. The van der Waals surface area contributed by atoms with E-state index in [0.717, 1.165) is 37.3 Å². The zero-order valence-corrected chi connectivity index (χ0v) is 13.0. The van der Waals surface area contributed by atoms with Gasteiger partial charge in [-0.25, -0.2) is 0 Å². The molecule has 6 heteroatoms. The maximum absolute atomic E-state index is 12.1. The highest BCUT2D eigenvalue weighted by molar-refractivity contribution is 5.92. The Kier molecular flexibility index (Phi) is 5.26. The number of hydrogen-bond acceptors (Lipinski definition) is 4. The van der Waals surface area contributed by atoms with E-state index < -0.39 is 0 Å². The average Bonchev–Trinajstić information content (AvgIpc) is 3.09. The van der Waals surface area contributed by atoms with E-state index >= 15 is 0 Å². The third-order valence-electron chi connectivity index (χ3n) is 3.77. The number of nitrogens with zero attached hydrogens (tertiary/aromatic N) is 1. The van der Waals surface area contributed by atoms with Gasteiger partial charge in [0.25, 0.3) is 5.91 Å². The lowest BCUT2D eigenvalue weighted by Gasteiger charge is -2.22. The van der Waals surface area contributed by atoms with Crippen molar-refractivity contribution in [2.24, 2.45) is 0 Å². The SMILES string of the molecule is O=C(NCC1CCCCO1)c1cc(COc2ccccc2)[nH]n1. The topological polar surface area (TPSA) is 76.2 Å². The van der Waals surface area contributed by atoms with Crippen molar-refractivity contribution >= 4 is 5.91 Å². The lowest BCUT2D eigenvalue weighted by molar-refractivity contribution is 0.0168. The summed E-state index contributed by atoms with van der Waals surface area (Å²) < 4.78 is 11.2. The van der Waals surface area contributed by atoms with Crippen LogP contribution in [0.15, 0.2) is 36.4 Å². The lowest BCUT2D eigenvalue weighted by atomic mass is 10.1. The predicted octanol–water partition coefficient (Wildman–Crippen LogP) is 2.29. The van der Waals surface area contributed by atoms with Crippen LogP contribution in [0.25, 0.3) is 0 Å². The van der Waals surface area contributed by atoms with Crippen molar-refractivity contribution in [3.05, 3.63) is 47.8 Å². The van der Waals surface area contributed by atoms with Gasteiger partial charge in [-0.3, -0.25) is 9.89 Å². The van der Waals surface area contributed by atoms with Gasteiger partial charge < -0.3 is 14.8 Å². The molecule has 3 rings (SSSR count). The first kappa shape index (κ1) is 15.6. The zero-order valence-electron chi connectivity index (χ0n) is 13.0. The van der Waals surface area contributed by atoms with Crippen LogP contribution in [0.5, 0.6) is 5.75 Å². The highest BCUT2D eigenvalue weighted by Gasteiger charge is 2.16. The maximum atomic E-state index is 12.1. The Balaban J connectivity index is 1.47. The molecule has 1 amide bonds. The summed E-state index contributed by atoms with van der Waals surface area (Å²) in [6, 6.07) is 11.2. The van der Waals surface area contributed by atoms with Gasteiger partial charge in [0.1, 0.15) is 18.1 Å². The monoisotopic (exact) mass is 315 g/mol. The van der Waals surface area contributed by atoms with Gasteiger partial charge in [0.05, 0.1) is 11.8 Å². The first-order chi connectivity index (χ1) is 11.3. The van der Waals surface area contributed by atoms with Gasteiger partial charge in [-0.15, -0.1) is 0 Å². The maximum Gasteiger partial charge on any atom is 0.271 e. The molecule has 1 atom stereocenters. The smallest absolute Gasteiger partial charge is 0.271 e. The predicted molar refractivity (Wildman–Crippen MR) is 85.3 cm³/mol. The first-order valence-corrected chi connectivity index (χ1v) is 7.93. The Morgan fingerprint density at radius 3 is 3.00 bits per heavy atom. The fraction of sp³-hybridized carbons (Fsp3) is 0.412. The number of benzene rings is 1. The largest absolute Gasteiger partial charge is 0.487 e. The van der Waals surface area contributed by atoms with Gasteiger partial charge >= 0.3 is 0 Å². The van der Waals surface area contributed by atoms with Crippen LogP contribution in [-0.4, -0.2) is 35.4 Å². The molecular formula is C17H21N3O3. The Labute approximate surface area is 135 Å². The van der Waals surface area contributed by atoms with Crippen LogP contribution in [0.2, 0.25) is 0 Å². The van der Waals surface area contributed by atoms with E-state index in [4.69, 9.17) is 9.47 Å². The number of carbonyl (C=O) groups excluding carboxylic acids is 1. The molecule has 0 saturated carbocycles. The molecule has 2 heterocycles. The van der Waals surface area contributed by atoms with E-state index in [0.29, 0.717) is 18.8 Å². The summed E-state index contributed by atoms with van der Waals surface area (Å²) in [4.78, 5) is 12.1. The molecule has 2 N–H and O–H groups in total. The molecule has 0 spiro atoms. The van der Waals surface area contributed by atoms with Crippen LogP contribution in [0, 0.1) is 0 Å². The number of aromatic nitrogens is 2. The Bertz CT molecular complexity index is 621. The number of aromatic amines is 1. The molecule has 1 unspecified atom stereocenters. The van der Waals surface area contributed by atoms with E-state index in [1.807, 2.05) is 30.3 Å². The summed E-state index contributed by atoms with van der Waals surface area (Å²) in [6.45, 7) is 1.65. The van der Waals surface area contributed by atoms with Crippen molar-refractivity contribution < 1.29 is 14.3 Å². The molecule has 0 aliphatic carbocycles. The first-order valence-electron chi connectivity index (χ1n) is 7.93. The molecule has 1 aromatic carbocycles. The van der Waals surface area contributed by atoms with Crippen molar-refractivity contribution in [2.45, 2.75) is 32.0 Å². The Hall–Kier alpha value is -2.34. The summed E-state index contributed by atoms with van der Waals surface area (Å²) in [5, 5.41) is 9.73. The summed E-state index contributed by atoms with van der Waals surface area (Å²) in [5.41, 5.74) is 1.13. The number of ether oxygens (including phenoxy) is 2. The Morgan fingerprint density at radius 1 is 1.35 bits per heavy atom. The average molecular weight is 315 g/mol. The van der Waals surface area contributed by atoms with Crippen LogP contribution < -0.4 is 10.1 Å². The van der Waals surface area contributed by atoms with Crippen molar-refractivity contribution in [2.75, 3.05) is 13.2 Å². The van der Waals surface area contributed by atoms with E-state index in [-0.39, 0.29) is 12.0 Å². The van der Waals surface area contributed by atoms with E-state index in [9.17, 15) is 4.79 Å². The number of rotatable bonds is 6. The fourth-order valence-corrected chi connectivity index (χ4v) is 2.50. The summed E-state index contributed by atoms with van der Waals surface area (Å²) >= 11 is 0. The van der Waals surface area contributed by atoms with Gasteiger partial charge in [0, 0.05) is 13.2 Å². The third-order valence-corrected chi connectivity index (χ3v) is 3.77. The van der Waals surface area contributed by atoms with Gasteiger partial charge in [-0.2, -0.15) is 5.10 Å². The molecule has 1 saturated heterocycles. The van der Waals surface area contributed by atoms with E-state index in [1.165, 1.54) is 0 Å². The molecule has 1 aliphatic heterocycles. The van der Waals surface area contributed by atoms with Crippen LogP contribution in [0.3, 0.4) is 0 Å². The quantitative estimate of drug-likeness (QED) is 0.857. The number of carbonyl (C=O) groups is 1. The molecule has 6 nitrogen and oxygen atoms in total. The number of amides is 1. The summed E-state index contributed by atoms with van der Waals surface area (Å²) in [7, 11) is 0. The van der Waals surface area contributed by atoms with Gasteiger partial charge in [-0.1, -0.05) is 18.2 Å². The van der Waals surface area contributed by atoms with Crippen LogP contribution >= 0.6 is 0 Å². The molecule has 2 aromatic rings. The highest BCUT2D eigenvalue weighted by atomic mass is 16.5. The van der Waals surface area contributed by atoms with E-state index in [1.54, 1.807) is 6.07 Å². The van der Waals surface area contributed by atoms with Crippen molar-refractivity contribution in [1.29, 1.82) is 0 Å². The molecule has 1 aliphatic rings. The Morgan fingerprint density at radius 2 is 2.22 bits per heavy atom. The van der Waals surface area contributed by atoms with Crippen molar-refractivity contribution in [1.82, 2.24) is 15.5 Å². The van der Waals surface area contributed by atoms with Crippen LogP contribution in [-0.2, 0) is 11.3 Å². The van der Waals surface area contributed by atoms with Crippen molar-refractivity contribution in [3.8, 4) is 5.75 Å². The molecular weight excluding hydrogens is 294 g/mol. The molecule has 1 fully saturated rings. The number of nitrogens with one attached hydrogen (secondary N) is 2. The number of H-pyrrole nitrogens is 1. The fourth-order valence-electron chi connectivity index (χ4n) is 2.50. The second-order valence-corrected chi connectivity index (χ2v) is 5.58. The van der Waals surface area contributed by atoms with E-state index in [2.05, 4.69) is 15.5 Å². The minimum Gasteiger partial charge on any atom is -0.487 e. The number of hydrogen-bond donors (Lipinski definition) is 2. The molecule has 122 valence electrons. The standard InChI is InChI=1S/C17H21N3O3/c21-17(18-11-15-8-4-5-9-22-15)16-10-13(19-20-16)12-23-14-6-2-1-3-7-14/h1-3,6-7,10,15H,4-5,8-9,11-12H2,(H,18,21)(H,19,20). The van der Waals surface area contributed by atoms with Crippen molar-refractivity contribution in [3.63, 3.8) is 0 Å². The molecule has 0 radical (unpaired) electrons. The summed E-state index contributed by atoms with van der Waals surface area (Å²) in [5.74, 6) is 0.587. The zero-order chi connectivity index (χ0) is 15.9. The van der Waals surface area contributed by atoms with Gasteiger partial charge in [0.15, 0.2) is 0 Å². The molecule has 23 heavy (non-hydrogen) atoms. The highest BCUT2D eigenvalue weighted by Crippen LogP contribution is 2.13. The second kappa shape index (κ2) is 7.78. The van der Waals surface area contributed by atoms with Gasteiger partial charge in [0.2, 0.25) is 0 Å². The number of para-hydroxylation sites is 1. The summed E-state index contributed by atoms with van der Waals surface area (Å²) in [6.07, 6.45) is 3.38. The minimum atomic E-state index is -0.193. The lowest BCUT2D eigenvalue weighted by Crippen LogP contribution is -2.35. The van der Waals surface area contributed by atoms with Crippen LogP contribution in [0.4, 0.5) is 0 Å². The second-order valence-electron chi connectivity index (χ2n) is 5.58. The van der Waals surface area contributed by atoms with Gasteiger partial charge in [-0.05, 0) is 37.5 Å². The third kappa shape index (κ3) is 4.56. The normalized spacial score (nSPS) is 17.7. The van der Waals surface area contributed by atoms with Crippen LogP contribution in [0.1, 0.15) is 35.4 Å².